The van der Waals surface area contributed by atoms with Gasteiger partial charge in [-0.05, 0) is 67.1 Å². The monoisotopic (exact) mass is 478 g/mol. The summed E-state index contributed by atoms with van der Waals surface area (Å²) in [7, 11) is -3.94. The van der Waals surface area contributed by atoms with Crippen LogP contribution in [0.2, 0.25) is 0 Å². The molecule has 0 aromatic heterocycles. The van der Waals surface area contributed by atoms with Gasteiger partial charge in [-0.2, -0.15) is 0 Å². The van der Waals surface area contributed by atoms with E-state index in [-0.39, 0.29) is 23.4 Å². The summed E-state index contributed by atoms with van der Waals surface area (Å²) in [5, 5.41) is 2.95. The Hall–Kier alpha value is -3.12. The van der Waals surface area contributed by atoms with Crippen molar-refractivity contribution in [2.75, 3.05) is 10.8 Å². The minimum absolute atomic E-state index is 0.155. The van der Waals surface area contributed by atoms with Gasteiger partial charge in [0.05, 0.1) is 16.6 Å². The summed E-state index contributed by atoms with van der Waals surface area (Å²) in [6.07, 6.45) is 0.947. The summed E-state index contributed by atoms with van der Waals surface area (Å²) in [6, 6.07) is 21.9. The van der Waals surface area contributed by atoms with Gasteiger partial charge in [0.1, 0.15) is 6.54 Å². The summed E-state index contributed by atoms with van der Waals surface area (Å²) in [5.74, 6) is -0.0462. The molecule has 0 bridgehead atoms. The van der Waals surface area contributed by atoms with Gasteiger partial charge < -0.3 is 5.32 Å². The number of sulfonamides is 1. The second kappa shape index (κ2) is 10.9. The van der Waals surface area contributed by atoms with E-state index < -0.39 is 10.0 Å². The summed E-state index contributed by atoms with van der Waals surface area (Å²) in [5.41, 5.74) is 4.72. The molecule has 1 atom stereocenters. The van der Waals surface area contributed by atoms with Crippen LogP contribution in [0.1, 0.15) is 61.9 Å². The zero-order valence-electron chi connectivity index (χ0n) is 20.6. The highest BCUT2D eigenvalue weighted by Gasteiger charge is 2.27. The van der Waals surface area contributed by atoms with E-state index in [4.69, 9.17) is 0 Å². The molecule has 180 valence electrons. The third kappa shape index (κ3) is 6.06. The predicted octanol–water partition coefficient (Wildman–Crippen LogP) is 5.75. The molecule has 0 saturated heterocycles. The standard InChI is InChI=1S/C28H34N2O3S/c1-6-23-9-11-25(12-10-23)22(5)29-28(31)19-30(26-15-13-24(14-16-26)20(2)3)34(32,33)27-17-7-21(4)8-18-27/h7-18,20,22H,6,19H2,1-5H3,(H,29,31)/t22-/m1/s1. The zero-order valence-corrected chi connectivity index (χ0v) is 21.4. The molecule has 6 heteroatoms. The number of hydrogen-bond donors (Lipinski definition) is 1. The molecule has 1 amide bonds. The van der Waals surface area contributed by atoms with Crippen LogP contribution in [0.15, 0.2) is 77.7 Å². The largest absolute Gasteiger partial charge is 0.348 e. The van der Waals surface area contributed by atoms with Crippen molar-refractivity contribution in [3.63, 3.8) is 0 Å². The lowest BCUT2D eigenvalue weighted by molar-refractivity contribution is -0.120. The molecule has 0 aliphatic heterocycles. The highest BCUT2D eigenvalue weighted by Crippen LogP contribution is 2.26. The van der Waals surface area contributed by atoms with E-state index >= 15 is 0 Å². The van der Waals surface area contributed by atoms with Gasteiger partial charge in [0, 0.05) is 0 Å². The van der Waals surface area contributed by atoms with Crippen molar-refractivity contribution in [2.45, 2.75) is 57.9 Å². The van der Waals surface area contributed by atoms with Gasteiger partial charge in [-0.1, -0.05) is 74.9 Å². The molecule has 34 heavy (non-hydrogen) atoms. The molecule has 0 heterocycles. The molecule has 3 aromatic rings. The number of aryl methyl sites for hydroxylation is 2. The molecule has 1 N–H and O–H groups in total. The minimum Gasteiger partial charge on any atom is -0.348 e. The van der Waals surface area contributed by atoms with Crippen LogP contribution in [-0.4, -0.2) is 20.9 Å². The second-order valence-corrected chi connectivity index (χ2v) is 10.8. The molecule has 0 radical (unpaired) electrons. The third-order valence-corrected chi connectivity index (χ3v) is 7.80. The first-order chi connectivity index (χ1) is 16.1. The van der Waals surface area contributed by atoms with E-state index in [9.17, 15) is 13.2 Å². The first-order valence-electron chi connectivity index (χ1n) is 11.7. The first kappa shape index (κ1) is 25.5. The van der Waals surface area contributed by atoms with E-state index in [0.29, 0.717) is 11.6 Å². The molecular formula is C28H34N2O3S. The Morgan fingerprint density at radius 1 is 0.853 bits per heavy atom. The molecular weight excluding hydrogens is 444 g/mol. The molecule has 0 fully saturated rings. The molecule has 0 aliphatic rings. The lowest BCUT2D eigenvalue weighted by Crippen LogP contribution is -2.41. The smallest absolute Gasteiger partial charge is 0.264 e. The van der Waals surface area contributed by atoms with Crippen molar-refractivity contribution in [1.82, 2.24) is 5.32 Å². The predicted molar refractivity (Wildman–Crippen MR) is 139 cm³/mol. The Bertz CT molecular complexity index is 1200. The Labute approximate surface area is 203 Å². The van der Waals surface area contributed by atoms with Crippen LogP contribution in [0.4, 0.5) is 5.69 Å². The Morgan fingerprint density at radius 2 is 1.41 bits per heavy atom. The number of amides is 1. The van der Waals surface area contributed by atoms with Gasteiger partial charge in [0.15, 0.2) is 0 Å². The highest BCUT2D eigenvalue weighted by atomic mass is 32.2. The van der Waals surface area contributed by atoms with E-state index in [0.717, 1.165) is 23.1 Å². The summed E-state index contributed by atoms with van der Waals surface area (Å²) in [6.45, 7) is 9.75. The van der Waals surface area contributed by atoms with E-state index in [2.05, 4.69) is 26.1 Å². The van der Waals surface area contributed by atoms with Crippen molar-refractivity contribution >= 4 is 21.6 Å². The van der Waals surface area contributed by atoms with E-state index in [1.165, 1.54) is 9.87 Å². The normalized spacial score (nSPS) is 12.4. The fourth-order valence-corrected chi connectivity index (χ4v) is 5.14. The van der Waals surface area contributed by atoms with Gasteiger partial charge in [0.2, 0.25) is 5.91 Å². The quantitative estimate of drug-likeness (QED) is 0.426. The van der Waals surface area contributed by atoms with E-state index in [1.807, 2.05) is 50.2 Å². The van der Waals surface area contributed by atoms with Crippen molar-refractivity contribution in [1.29, 1.82) is 0 Å². The number of nitrogens with zero attached hydrogens (tertiary/aromatic N) is 1. The van der Waals surface area contributed by atoms with Crippen LogP contribution in [0, 0.1) is 6.92 Å². The van der Waals surface area contributed by atoms with Crippen molar-refractivity contribution < 1.29 is 13.2 Å². The number of anilines is 1. The molecule has 0 unspecified atom stereocenters. The molecule has 5 nitrogen and oxygen atoms in total. The number of rotatable bonds is 9. The third-order valence-electron chi connectivity index (χ3n) is 6.01. The number of nitrogens with one attached hydrogen (secondary N) is 1. The van der Waals surface area contributed by atoms with Crippen LogP contribution >= 0.6 is 0 Å². The maximum atomic E-state index is 13.6. The van der Waals surface area contributed by atoms with Crippen LogP contribution < -0.4 is 9.62 Å². The number of benzene rings is 3. The van der Waals surface area contributed by atoms with E-state index in [1.54, 1.807) is 36.4 Å². The summed E-state index contributed by atoms with van der Waals surface area (Å²) >= 11 is 0. The van der Waals surface area contributed by atoms with Crippen molar-refractivity contribution in [3.8, 4) is 0 Å². The topological polar surface area (TPSA) is 66.5 Å². The van der Waals surface area contributed by atoms with Gasteiger partial charge in [-0.25, -0.2) is 8.42 Å². The number of carbonyl (C=O) groups excluding carboxylic acids is 1. The SMILES string of the molecule is CCc1ccc([C@@H](C)NC(=O)CN(c2ccc(C(C)C)cc2)S(=O)(=O)c2ccc(C)cc2)cc1. The highest BCUT2D eigenvalue weighted by molar-refractivity contribution is 7.92. The maximum Gasteiger partial charge on any atom is 0.264 e. The fourth-order valence-electron chi connectivity index (χ4n) is 3.72. The summed E-state index contributed by atoms with van der Waals surface area (Å²) < 4.78 is 28.3. The average molecular weight is 479 g/mol. The van der Waals surface area contributed by atoms with Gasteiger partial charge in [0.25, 0.3) is 10.0 Å². The average Bonchev–Trinajstić information content (AvgIpc) is 2.82. The lowest BCUT2D eigenvalue weighted by Gasteiger charge is -2.25. The van der Waals surface area contributed by atoms with Gasteiger partial charge >= 0.3 is 0 Å². The number of hydrogen-bond acceptors (Lipinski definition) is 3. The Morgan fingerprint density at radius 3 is 1.94 bits per heavy atom. The van der Waals surface area contributed by atoms with Crippen LogP contribution in [0.25, 0.3) is 0 Å². The van der Waals surface area contributed by atoms with Gasteiger partial charge in [-0.15, -0.1) is 0 Å². The van der Waals surface area contributed by atoms with Crippen molar-refractivity contribution in [2.24, 2.45) is 0 Å². The molecule has 0 spiro atoms. The number of carbonyl (C=O) groups is 1. The fraction of sp³-hybridized carbons (Fsp3) is 0.321. The zero-order chi connectivity index (χ0) is 24.9. The Balaban J connectivity index is 1.88. The molecule has 0 aliphatic carbocycles. The minimum atomic E-state index is -3.94. The lowest BCUT2D eigenvalue weighted by atomic mass is 10.0. The maximum absolute atomic E-state index is 13.6. The van der Waals surface area contributed by atoms with Crippen LogP contribution in [0.3, 0.4) is 0 Å². The molecule has 0 saturated carbocycles. The van der Waals surface area contributed by atoms with Crippen LogP contribution in [0.5, 0.6) is 0 Å². The van der Waals surface area contributed by atoms with Crippen molar-refractivity contribution in [3.05, 3.63) is 95.1 Å². The Kier molecular flexibility index (Phi) is 8.15. The molecule has 3 rings (SSSR count). The molecule has 3 aromatic carbocycles. The first-order valence-corrected chi connectivity index (χ1v) is 13.1. The van der Waals surface area contributed by atoms with Gasteiger partial charge in [-0.3, -0.25) is 9.10 Å². The van der Waals surface area contributed by atoms with Crippen LogP contribution in [-0.2, 0) is 21.2 Å². The summed E-state index contributed by atoms with van der Waals surface area (Å²) in [4.78, 5) is 13.2. The second-order valence-electron chi connectivity index (χ2n) is 8.96.